The van der Waals surface area contributed by atoms with Crippen molar-refractivity contribution in [3.8, 4) is 0 Å². The number of rotatable bonds is 5. The smallest absolute Gasteiger partial charge is 0.0624 e. The van der Waals surface area contributed by atoms with Crippen LogP contribution in [0.1, 0.15) is 36.8 Å². The van der Waals surface area contributed by atoms with Crippen molar-refractivity contribution >= 4 is 11.6 Å². The highest BCUT2D eigenvalue weighted by Gasteiger charge is 2.12. The molecule has 3 nitrogen and oxygen atoms in total. The SMILES string of the molecule is CCc1cc(CC(N)c2ccc(Cl)cc2)n(CC)n1. The molecule has 0 spiro atoms. The van der Waals surface area contributed by atoms with Crippen LogP contribution in [0.4, 0.5) is 0 Å². The molecule has 0 fully saturated rings. The first-order valence-corrected chi connectivity index (χ1v) is 7.08. The van der Waals surface area contributed by atoms with E-state index in [1.165, 1.54) is 5.69 Å². The van der Waals surface area contributed by atoms with Crippen LogP contribution in [0.25, 0.3) is 0 Å². The second-order valence-corrected chi connectivity index (χ2v) is 5.09. The molecule has 4 heteroatoms. The molecule has 102 valence electrons. The van der Waals surface area contributed by atoms with Gasteiger partial charge in [-0.05, 0) is 37.1 Å². The third kappa shape index (κ3) is 3.37. The minimum atomic E-state index is -0.0241. The molecule has 1 atom stereocenters. The number of hydrogen-bond donors (Lipinski definition) is 1. The molecule has 2 aromatic rings. The summed E-state index contributed by atoms with van der Waals surface area (Å²) in [5, 5.41) is 5.29. The summed E-state index contributed by atoms with van der Waals surface area (Å²) in [6, 6.07) is 9.86. The first-order valence-electron chi connectivity index (χ1n) is 6.70. The fourth-order valence-electron chi connectivity index (χ4n) is 2.18. The number of halogens is 1. The maximum absolute atomic E-state index is 6.27. The molecule has 0 saturated heterocycles. The number of benzene rings is 1. The largest absolute Gasteiger partial charge is 0.324 e. The van der Waals surface area contributed by atoms with Crippen molar-refractivity contribution in [1.29, 1.82) is 0 Å². The van der Waals surface area contributed by atoms with Gasteiger partial charge < -0.3 is 5.73 Å². The van der Waals surface area contributed by atoms with Gasteiger partial charge in [0, 0.05) is 29.7 Å². The molecular weight excluding hydrogens is 258 g/mol. The molecule has 0 aliphatic heterocycles. The Morgan fingerprint density at radius 3 is 2.53 bits per heavy atom. The predicted molar refractivity (Wildman–Crippen MR) is 79.4 cm³/mol. The van der Waals surface area contributed by atoms with E-state index in [1.54, 1.807) is 0 Å². The minimum Gasteiger partial charge on any atom is -0.324 e. The summed E-state index contributed by atoms with van der Waals surface area (Å²) >= 11 is 5.89. The van der Waals surface area contributed by atoms with E-state index in [-0.39, 0.29) is 6.04 Å². The number of aromatic nitrogens is 2. The van der Waals surface area contributed by atoms with E-state index >= 15 is 0 Å². The van der Waals surface area contributed by atoms with E-state index in [9.17, 15) is 0 Å². The Hall–Kier alpha value is -1.32. The highest BCUT2D eigenvalue weighted by molar-refractivity contribution is 6.30. The summed E-state index contributed by atoms with van der Waals surface area (Å²) in [5.41, 5.74) is 9.69. The summed E-state index contributed by atoms with van der Waals surface area (Å²) in [6.07, 6.45) is 1.75. The highest BCUT2D eigenvalue weighted by Crippen LogP contribution is 2.19. The molecule has 0 aliphatic rings. The Bertz CT molecular complexity index is 531. The Morgan fingerprint density at radius 1 is 1.26 bits per heavy atom. The molecule has 19 heavy (non-hydrogen) atoms. The predicted octanol–water partition coefficient (Wildman–Crippen LogP) is 3.36. The molecule has 0 bridgehead atoms. The van der Waals surface area contributed by atoms with Crippen LogP contribution in [-0.2, 0) is 19.4 Å². The molecule has 1 unspecified atom stereocenters. The minimum absolute atomic E-state index is 0.0241. The van der Waals surface area contributed by atoms with Crippen molar-refractivity contribution < 1.29 is 0 Å². The van der Waals surface area contributed by atoms with Crippen molar-refractivity contribution in [2.24, 2.45) is 5.73 Å². The second-order valence-electron chi connectivity index (χ2n) is 4.66. The van der Waals surface area contributed by atoms with Crippen LogP contribution in [0.15, 0.2) is 30.3 Å². The maximum atomic E-state index is 6.27. The van der Waals surface area contributed by atoms with Gasteiger partial charge in [-0.15, -0.1) is 0 Å². The van der Waals surface area contributed by atoms with Crippen LogP contribution < -0.4 is 5.73 Å². The van der Waals surface area contributed by atoms with E-state index in [0.717, 1.165) is 35.7 Å². The molecule has 0 amide bonds. The maximum Gasteiger partial charge on any atom is 0.0624 e. The lowest BCUT2D eigenvalue weighted by molar-refractivity contribution is 0.585. The quantitative estimate of drug-likeness (QED) is 0.911. The zero-order chi connectivity index (χ0) is 13.8. The standard InChI is InChI=1S/C15H20ClN3/c1-3-13-9-14(19(4-2)18-13)10-15(17)11-5-7-12(16)8-6-11/h5-9,15H,3-4,10,17H2,1-2H3. The average Bonchev–Trinajstić information content (AvgIpc) is 2.81. The summed E-state index contributed by atoms with van der Waals surface area (Å²) < 4.78 is 2.04. The van der Waals surface area contributed by atoms with Gasteiger partial charge in [0.1, 0.15) is 0 Å². The van der Waals surface area contributed by atoms with Gasteiger partial charge in [-0.3, -0.25) is 4.68 Å². The van der Waals surface area contributed by atoms with Gasteiger partial charge in [0.15, 0.2) is 0 Å². The third-order valence-electron chi connectivity index (χ3n) is 3.30. The normalized spacial score (nSPS) is 12.6. The van der Waals surface area contributed by atoms with Gasteiger partial charge in [0.05, 0.1) is 5.69 Å². The van der Waals surface area contributed by atoms with Crippen LogP contribution in [0, 0.1) is 0 Å². The molecule has 2 rings (SSSR count). The van der Waals surface area contributed by atoms with Gasteiger partial charge in [0.25, 0.3) is 0 Å². The number of hydrogen-bond acceptors (Lipinski definition) is 2. The summed E-state index contributed by atoms with van der Waals surface area (Å²) in [5.74, 6) is 0. The van der Waals surface area contributed by atoms with Gasteiger partial charge in [-0.25, -0.2) is 0 Å². The lowest BCUT2D eigenvalue weighted by Crippen LogP contribution is -2.16. The van der Waals surface area contributed by atoms with Crippen LogP contribution >= 0.6 is 11.6 Å². The Kier molecular flexibility index (Phi) is 4.61. The lowest BCUT2D eigenvalue weighted by atomic mass is 10.0. The summed E-state index contributed by atoms with van der Waals surface area (Å²) in [6.45, 7) is 5.09. The lowest BCUT2D eigenvalue weighted by Gasteiger charge is -2.13. The average molecular weight is 278 g/mol. The molecule has 0 radical (unpaired) electrons. The van der Waals surface area contributed by atoms with Crippen molar-refractivity contribution in [2.45, 2.75) is 39.3 Å². The monoisotopic (exact) mass is 277 g/mol. The van der Waals surface area contributed by atoms with Crippen molar-refractivity contribution in [3.05, 3.63) is 52.3 Å². The van der Waals surface area contributed by atoms with Crippen LogP contribution in [-0.4, -0.2) is 9.78 Å². The van der Waals surface area contributed by atoms with Gasteiger partial charge >= 0.3 is 0 Å². The van der Waals surface area contributed by atoms with Crippen LogP contribution in [0.2, 0.25) is 5.02 Å². The summed E-state index contributed by atoms with van der Waals surface area (Å²) in [7, 11) is 0. The Labute approximate surface area is 119 Å². The topological polar surface area (TPSA) is 43.8 Å². The van der Waals surface area contributed by atoms with E-state index in [1.807, 2.05) is 28.9 Å². The zero-order valence-electron chi connectivity index (χ0n) is 11.4. The van der Waals surface area contributed by atoms with Crippen molar-refractivity contribution in [1.82, 2.24) is 9.78 Å². The van der Waals surface area contributed by atoms with E-state index < -0.39 is 0 Å². The Morgan fingerprint density at radius 2 is 1.95 bits per heavy atom. The molecule has 1 aromatic carbocycles. The first-order chi connectivity index (χ1) is 9.13. The van der Waals surface area contributed by atoms with E-state index in [2.05, 4.69) is 25.0 Å². The van der Waals surface area contributed by atoms with E-state index in [4.69, 9.17) is 17.3 Å². The molecule has 0 saturated carbocycles. The zero-order valence-corrected chi connectivity index (χ0v) is 12.2. The number of nitrogens with two attached hydrogens (primary N) is 1. The van der Waals surface area contributed by atoms with Gasteiger partial charge in [-0.1, -0.05) is 30.7 Å². The molecule has 1 heterocycles. The van der Waals surface area contributed by atoms with Crippen LogP contribution in [0.5, 0.6) is 0 Å². The van der Waals surface area contributed by atoms with E-state index in [0.29, 0.717) is 0 Å². The molecular formula is C15H20ClN3. The first kappa shape index (κ1) is 14.1. The molecule has 1 aromatic heterocycles. The molecule has 2 N–H and O–H groups in total. The third-order valence-corrected chi connectivity index (χ3v) is 3.55. The number of nitrogens with zero attached hydrogens (tertiary/aromatic N) is 2. The summed E-state index contributed by atoms with van der Waals surface area (Å²) in [4.78, 5) is 0. The molecule has 0 aliphatic carbocycles. The Balaban J connectivity index is 2.15. The van der Waals surface area contributed by atoms with Gasteiger partial charge in [0.2, 0.25) is 0 Å². The second kappa shape index (κ2) is 6.22. The number of aryl methyl sites for hydroxylation is 2. The van der Waals surface area contributed by atoms with Crippen LogP contribution in [0.3, 0.4) is 0 Å². The fourth-order valence-corrected chi connectivity index (χ4v) is 2.30. The van der Waals surface area contributed by atoms with Crippen molar-refractivity contribution in [2.75, 3.05) is 0 Å². The fraction of sp³-hybridized carbons (Fsp3) is 0.400. The van der Waals surface area contributed by atoms with Crippen molar-refractivity contribution in [3.63, 3.8) is 0 Å². The van der Waals surface area contributed by atoms with Gasteiger partial charge in [-0.2, -0.15) is 5.10 Å². The highest BCUT2D eigenvalue weighted by atomic mass is 35.5.